The highest BCUT2D eigenvalue weighted by atomic mass is 19.4. The molecule has 6 rings (SSSR count). The maximum Gasteiger partial charge on any atom is 0.416 e. The van der Waals surface area contributed by atoms with Gasteiger partial charge in [0.05, 0.1) is 11.1 Å². The van der Waals surface area contributed by atoms with E-state index in [0.29, 0.717) is 41.5 Å². The molecule has 0 radical (unpaired) electrons. The van der Waals surface area contributed by atoms with Gasteiger partial charge >= 0.3 is 6.18 Å². The standard InChI is InChI=1S/C32H30F3N7O2/c1-41-12-14-42(15-13-41)19-21-7-8-24(18-27(21)32(33,34)35)38-30(43)20-4-2-5-23(16-20)37-28-10-9-25-26(17-22-6-3-11-36-22)31(44)40-29(25)39-28/h2-11,16-18,36H,12-15,19H2,1H3,(H,38,43)(H2,37,39,40,44). The van der Waals surface area contributed by atoms with Gasteiger partial charge in [-0.05, 0) is 73.3 Å². The molecular weight excluding hydrogens is 571 g/mol. The van der Waals surface area contributed by atoms with Crippen molar-refractivity contribution in [1.29, 1.82) is 0 Å². The molecule has 0 atom stereocenters. The number of pyridine rings is 1. The number of carbonyl (C=O) groups is 2. The first kappa shape index (κ1) is 29.1. The molecule has 4 aromatic rings. The van der Waals surface area contributed by atoms with E-state index in [1.807, 2.05) is 24.1 Å². The average Bonchev–Trinajstić information content (AvgIpc) is 3.62. The van der Waals surface area contributed by atoms with Crippen LogP contribution >= 0.6 is 0 Å². The first-order chi connectivity index (χ1) is 21.1. The number of rotatable bonds is 7. The van der Waals surface area contributed by atoms with Gasteiger partial charge in [-0.3, -0.25) is 14.5 Å². The Balaban J connectivity index is 1.15. The second-order valence-corrected chi connectivity index (χ2v) is 10.8. The molecule has 44 heavy (non-hydrogen) atoms. The summed E-state index contributed by atoms with van der Waals surface area (Å²) in [5, 5.41) is 8.49. The van der Waals surface area contributed by atoms with Gasteiger partial charge in [-0.25, -0.2) is 4.98 Å². The molecule has 0 aliphatic carbocycles. The van der Waals surface area contributed by atoms with Crippen LogP contribution < -0.4 is 16.0 Å². The summed E-state index contributed by atoms with van der Waals surface area (Å²) in [6, 6.07) is 17.7. The van der Waals surface area contributed by atoms with Gasteiger partial charge in [-0.2, -0.15) is 13.2 Å². The molecule has 12 heteroatoms. The Labute approximate surface area is 251 Å². The van der Waals surface area contributed by atoms with Gasteiger partial charge in [0, 0.05) is 67.1 Å². The predicted octanol–water partition coefficient (Wildman–Crippen LogP) is 5.66. The highest BCUT2D eigenvalue weighted by Gasteiger charge is 2.34. The van der Waals surface area contributed by atoms with Crippen molar-refractivity contribution in [2.75, 3.05) is 49.2 Å². The SMILES string of the molecule is CN1CCN(Cc2ccc(NC(=O)c3cccc(Nc4ccc5c(n4)NC(=O)C5=Cc4ccc[nH]4)c3)cc2C(F)(F)F)CC1. The number of nitrogens with one attached hydrogen (secondary N) is 4. The summed E-state index contributed by atoms with van der Waals surface area (Å²) >= 11 is 0. The van der Waals surface area contributed by atoms with Crippen LogP contribution in [0.25, 0.3) is 11.6 Å². The molecule has 4 N–H and O–H groups in total. The number of H-pyrrole nitrogens is 1. The number of amides is 2. The maximum atomic E-state index is 14.0. The fourth-order valence-electron chi connectivity index (χ4n) is 5.26. The van der Waals surface area contributed by atoms with Crippen LogP contribution in [-0.2, 0) is 17.5 Å². The molecule has 0 saturated carbocycles. The smallest absolute Gasteiger partial charge is 0.362 e. The Hall–Kier alpha value is -4.94. The monoisotopic (exact) mass is 601 g/mol. The minimum Gasteiger partial charge on any atom is -0.362 e. The van der Waals surface area contributed by atoms with Crippen LogP contribution in [0.2, 0.25) is 0 Å². The Morgan fingerprint density at radius 2 is 1.82 bits per heavy atom. The Morgan fingerprint density at radius 1 is 1.00 bits per heavy atom. The van der Waals surface area contributed by atoms with E-state index in [9.17, 15) is 22.8 Å². The molecule has 1 fully saturated rings. The van der Waals surface area contributed by atoms with Crippen molar-refractivity contribution < 1.29 is 22.8 Å². The number of halogens is 3. The van der Waals surface area contributed by atoms with Crippen LogP contribution in [0.3, 0.4) is 0 Å². The number of carbonyl (C=O) groups excluding carboxylic acids is 2. The van der Waals surface area contributed by atoms with E-state index >= 15 is 0 Å². The van der Waals surface area contributed by atoms with Gasteiger partial charge in [-0.15, -0.1) is 0 Å². The summed E-state index contributed by atoms with van der Waals surface area (Å²) < 4.78 is 42.0. The zero-order valence-corrected chi connectivity index (χ0v) is 23.8. The third-order valence-electron chi connectivity index (χ3n) is 7.64. The lowest BCUT2D eigenvalue weighted by atomic mass is 10.0. The Kier molecular flexibility index (Phi) is 7.93. The second-order valence-electron chi connectivity index (χ2n) is 10.8. The third kappa shape index (κ3) is 6.51. The first-order valence-electron chi connectivity index (χ1n) is 14.1. The average molecular weight is 602 g/mol. The van der Waals surface area contributed by atoms with Crippen LogP contribution in [0, 0.1) is 0 Å². The molecule has 0 spiro atoms. The number of aromatic nitrogens is 2. The molecule has 1 saturated heterocycles. The summed E-state index contributed by atoms with van der Waals surface area (Å²) in [4.78, 5) is 37.3. The number of aromatic amines is 1. The van der Waals surface area contributed by atoms with Crippen molar-refractivity contribution in [3.8, 4) is 0 Å². The minimum atomic E-state index is -4.56. The number of hydrogen-bond acceptors (Lipinski definition) is 6. The molecule has 2 aliphatic heterocycles. The van der Waals surface area contributed by atoms with E-state index < -0.39 is 17.6 Å². The number of benzene rings is 2. The number of alkyl halides is 3. The Bertz CT molecular complexity index is 1730. The van der Waals surface area contributed by atoms with Crippen LogP contribution in [0.15, 0.2) is 72.9 Å². The fraction of sp³-hybridized carbons (Fsp3) is 0.219. The van der Waals surface area contributed by atoms with E-state index in [4.69, 9.17) is 0 Å². The third-order valence-corrected chi connectivity index (χ3v) is 7.64. The molecule has 0 bridgehead atoms. The van der Waals surface area contributed by atoms with Crippen LogP contribution in [0.1, 0.15) is 32.7 Å². The first-order valence-corrected chi connectivity index (χ1v) is 14.1. The van der Waals surface area contributed by atoms with Gasteiger partial charge in [0.1, 0.15) is 11.6 Å². The summed E-state index contributed by atoms with van der Waals surface area (Å²) in [5.41, 5.74) is 2.20. The highest BCUT2D eigenvalue weighted by molar-refractivity contribution is 6.34. The number of nitrogens with zero attached hydrogens (tertiary/aromatic N) is 3. The van der Waals surface area contributed by atoms with Crippen molar-refractivity contribution in [3.05, 3.63) is 101 Å². The number of piperazine rings is 1. The molecule has 2 aliphatic rings. The summed E-state index contributed by atoms with van der Waals surface area (Å²) in [5.74, 6) is 0.0255. The zero-order chi connectivity index (χ0) is 30.8. The van der Waals surface area contributed by atoms with E-state index in [-0.39, 0.29) is 29.3 Å². The van der Waals surface area contributed by atoms with Crippen LogP contribution in [0.5, 0.6) is 0 Å². The normalized spacial score (nSPS) is 16.5. The van der Waals surface area contributed by atoms with Gasteiger partial charge < -0.3 is 25.8 Å². The van der Waals surface area contributed by atoms with E-state index in [1.165, 1.54) is 12.1 Å². The van der Waals surface area contributed by atoms with Gasteiger partial charge in [0.25, 0.3) is 11.8 Å². The van der Waals surface area contributed by atoms with E-state index in [2.05, 4.69) is 30.8 Å². The largest absolute Gasteiger partial charge is 0.416 e. The number of hydrogen-bond donors (Lipinski definition) is 4. The zero-order valence-electron chi connectivity index (χ0n) is 23.8. The quantitative estimate of drug-likeness (QED) is 0.204. The lowest BCUT2D eigenvalue weighted by Gasteiger charge is -2.33. The minimum absolute atomic E-state index is 0.0575. The molecule has 226 valence electrons. The summed E-state index contributed by atoms with van der Waals surface area (Å²) in [6.07, 6.45) is -1.05. The molecule has 2 amide bonds. The molecule has 0 unspecified atom stereocenters. The van der Waals surface area contributed by atoms with Gasteiger partial charge in [0.2, 0.25) is 0 Å². The topological polar surface area (TPSA) is 105 Å². The molecular formula is C32H30F3N7O2. The number of likely N-dealkylation sites (N-methyl/N-ethyl adjacent to an activating group) is 1. The van der Waals surface area contributed by atoms with Crippen molar-refractivity contribution >= 4 is 46.5 Å². The van der Waals surface area contributed by atoms with Crippen molar-refractivity contribution in [2.24, 2.45) is 0 Å². The lowest BCUT2D eigenvalue weighted by Crippen LogP contribution is -2.44. The van der Waals surface area contributed by atoms with Crippen LogP contribution in [-0.4, -0.2) is 64.8 Å². The highest BCUT2D eigenvalue weighted by Crippen LogP contribution is 2.35. The number of fused-ring (bicyclic) bond motifs is 1. The predicted molar refractivity (Wildman–Crippen MR) is 163 cm³/mol. The van der Waals surface area contributed by atoms with E-state index in [0.717, 1.165) is 24.8 Å². The summed E-state index contributed by atoms with van der Waals surface area (Å²) in [7, 11) is 1.99. The molecule has 9 nitrogen and oxygen atoms in total. The van der Waals surface area contributed by atoms with Gasteiger partial charge in [-0.1, -0.05) is 12.1 Å². The van der Waals surface area contributed by atoms with Crippen molar-refractivity contribution in [2.45, 2.75) is 12.7 Å². The molecule has 4 heterocycles. The maximum absolute atomic E-state index is 14.0. The number of anilines is 4. The van der Waals surface area contributed by atoms with Crippen LogP contribution in [0.4, 0.5) is 36.2 Å². The lowest BCUT2D eigenvalue weighted by molar-refractivity contribution is -0.138. The van der Waals surface area contributed by atoms with Gasteiger partial charge in [0.15, 0.2) is 0 Å². The second kappa shape index (κ2) is 12.0. The summed E-state index contributed by atoms with van der Waals surface area (Å²) in [6.45, 7) is 3.18. The van der Waals surface area contributed by atoms with Crippen molar-refractivity contribution in [1.82, 2.24) is 19.8 Å². The fourth-order valence-corrected chi connectivity index (χ4v) is 5.26. The van der Waals surface area contributed by atoms with E-state index in [1.54, 1.807) is 48.7 Å². The molecule has 2 aromatic heterocycles. The molecule has 2 aromatic carbocycles. The Morgan fingerprint density at radius 3 is 2.57 bits per heavy atom. The van der Waals surface area contributed by atoms with Crippen molar-refractivity contribution in [3.63, 3.8) is 0 Å².